The molecule has 1 amide bonds. The van der Waals surface area contributed by atoms with Crippen molar-refractivity contribution >= 4 is 28.7 Å². The van der Waals surface area contributed by atoms with E-state index in [0.29, 0.717) is 18.7 Å². The molecule has 1 fully saturated rings. The number of carbonyl (C=O) groups excluding carboxylic acids is 2. The molecule has 7 heteroatoms. The van der Waals surface area contributed by atoms with Crippen molar-refractivity contribution in [1.29, 1.82) is 0 Å². The number of benzene rings is 1. The van der Waals surface area contributed by atoms with Crippen LogP contribution >= 0.6 is 0 Å². The molecule has 2 aromatic rings. The molecular weight excluding hydrogens is 358 g/mol. The highest BCUT2D eigenvalue weighted by atomic mass is 16.6. The molecule has 0 aliphatic carbocycles. The normalized spacial score (nSPS) is 17.7. The monoisotopic (exact) mass is 387 g/mol. The molecule has 152 valence electrons. The first-order valence-corrected chi connectivity index (χ1v) is 9.52. The van der Waals surface area contributed by atoms with Gasteiger partial charge in [-0.1, -0.05) is 0 Å². The number of hydrogen-bond donors (Lipinski definition) is 0. The van der Waals surface area contributed by atoms with Gasteiger partial charge in [0, 0.05) is 50.0 Å². The third-order valence-electron chi connectivity index (χ3n) is 4.99. The summed E-state index contributed by atoms with van der Waals surface area (Å²) in [5.74, 6) is -0.335. The summed E-state index contributed by atoms with van der Waals surface area (Å²) in [5, 5.41) is 0.873. The van der Waals surface area contributed by atoms with Crippen LogP contribution in [0.15, 0.2) is 24.4 Å². The molecule has 2 heterocycles. The van der Waals surface area contributed by atoms with Crippen molar-refractivity contribution in [1.82, 2.24) is 9.47 Å². The molecule has 1 aromatic heterocycles. The summed E-state index contributed by atoms with van der Waals surface area (Å²) >= 11 is 0. The molecule has 1 aliphatic rings. The Bertz CT molecular complexity index is 897. The lowest BCUT2D eigenvalue weighted by Gasteiger charge is -2.41. The molecule has 0 saturated carbocycles. The molecule has 1 aromatic carbocycles. The summed E-state index contributed by atoms with van der Waals surface area (Å²) in [7, 11) is 3.31. The predicted octanol–water partition coefficient (Wildman–Crippen LogP) is 3.41. The predicted molar refractivity (Wildman–Crippen MR) is 109 cm³/mol. The Morgan fingerprint density at radius 2 is 1.89 bits per heavy atom. The minimum Gasteiger partial charge on any atom is -0.465 e. The lowest BCUT2D eigenvalue weighted by molar-refractivity contribution is 0.0218. The third kappa shape index (κ3) is 3.93. The largest absolute Gasteiger partial charge is 0.465 e. The molecule has 1 aliphatic heterocycles. The fraction of sp³-hybridized carbons (Fsp3) is 0.524. The summed E-state index contributed by atoms with van der Waals surface area (Å²) in [4.78, 5) is 28.4. The smallest absolute Gasteiger partial charge is 0.410 e. The molecule has 0 bridgehead atoms. The van der Waals surface area contributed by atoms with E-state index < -0.39 is 5.60 Å². The van der Waals surface area contributed by atoms with Gasteiger partial charge in [0.05, 0.1) is 18.2 Å². The first-order valence-electron chi connectivity index (χ1n) is 9.52. The fourth-order valence-electron chi connectivity index (χ4n) is 3.66. The fourth-order valence-corrected chi connectivity index (χ4v) is 3.66. The Balaban J connectivity index is 1.79. The van der Waals surface area contributed by atoms with Crippen LogP contribution in [-0.2, 0) is 16.5 Å². The van der Waals surface area contributed by atoms with Crippen molar-refractivity contribution in [2.75, 3.05) is 31.6 Å². The van der Waals surface area contributed by atoms with E-state index in [1.54, 1.807) is 11.1 Å². The zero-order chi connectivity index (χ0) is 20.6. The van der Waals surface area contributed by atoms with Crippen molar-refractivity contribution in [3.05, 3.63) is 30.0 Å². The number of fused-ring (bicyclic) bond motifs is 1. The van der Waals surface area contributed by atoms with Crippen LogP contribution < -0.4 is 4.90 Å². The molecule has 0 spiro atoms. The number of piperazine rings is 1. The molecule has 0 N–H and O–H groups in total. The van der Waals surface area contributed by atoms with E-state index >= 15 is 0 Å². The molecule has 28 heavy (non-hydrogen) atoms. The zero-order valence-corrected chi connectivity index (χ0v) is 17.5. The van der Waals surface area contributed by atoms with Crippen molar-refractivity contribution in [2.24, 2.45) is 7.05 Å². The molecule has 1 saturated heterocycles. The first kappa shape index (κ1) is 20.0. The van der Waals surface area contributed by atoms with Crippen molar-refractivity contribution in [2.45, 2.75) is 39.3 Å². The van der Waals surface area contributed by atoms with Crippen LogP contribution in [0.3, 0.4) is 0 Å². The van der Waals surface area contributed by atoms with Gasteiger partial charge in [-0.15, -0.1) is 0 Å². The number of rotatable bonds is 2. The Labute approximate surface area is 165 Å². The van der Waals surface area contributed by atoms with E-state index in [-0.39, 0.29) is 18.1 Å². The van der Waals surface area contributed by atoms with Crippen LogP contribution in [0, 0.1) is 0 Å². The number of methoxy groups -OCH3 is 1. The molecule has 7 nitrogen and oxygen atoms in total. The molecule has 0 unspecified atom stereocenters. The number of aromatic nitrogens is 1. The van der Waals surface area contributed by atoms with Gasteiger partial charge in [0.1, 0.15) is 5.60 Å². The quantitative estimate of drug-likeness (QED) is 0.739. The Morgan fingerprint density at radius 1 is 1.18 bits per heavy atom. The standard InChI is InChI=1S/C21H29N3O4/c1-14-12-23(20(26)28-21(2,3)4)9-10-24(14)15-7-8-16-17(19(25)27-6)13-22(5)18(16)11-15/h7-8,11,13-14H,9-10,12H2,1-6H3/t14-/m0/s1. The number of esters is 1. The van der Waals surface area contributed by atoms with Gasteiger partial charge >= 0.3 is 12.1 Å². The Hall–Kier alpha value is -2.70. The molecule has 3 rings (SSSR count). The van der Waals surface area contributed by atoms with Crippen molar-refractivity contribution in [3.8, 4) is 0 Å². The van der Waals surface area contributed by atoms with E-state index in [2.05, 4.69) is 17.9 Å². The van der Waals surface area contributed by atoms with Gasteiger partial charge in [0.2, 0.25) is 0 Å². The lowest BCUT2D eigenvalue weighted by Crippen LogP contribution is -2.54. The summed E-state index contributed by atoms with van der Waals surface area (Å²) in [6.45, 7) is 9.67. The first-order chi connectivity index (χ1) is 13.1. The van der Waals surface area contributed by atoms with E-state index in [0.717, 1.165) is 23.1 Å². The number of nitrogens with zero attached hydrogens (tertiary/aromatic N) is 3. The highest BCUT2D eigenvalue weighted by Gasteiger charge is 2.30. The lowest BCUT2D eigenvalue weighted by atomic mass is 10.1. The van der Waals surface area contributed by atoms with Crippen molar-refractivity contribution < 1.29 is 19.1 Å². The van der Waals surface area contributed by atoms with Crippen LogP contribution in [0.1, 0.15) is 38.1 Å². The van der Waals surface area contributed by atoms with E-state index in [4.69, 9.17) is 9.47 Å². The summed E-state index contributed by atoms with van der Waals surface area (Å²) in [6.07, 6.45) is 1.53. The maximum atomic E-state index is 12.4. The average Bonchev–Trinajstić information content (AvgIpc) is 2.96. The van der Waals surface area contributed by atoms with E-state index in [1.165, 1.54) is 7.11 Å². The van der Waals surface area contributed by atoms with Crippen LogP contribution in [0.4, 0.5) is 10.5 Å². The summed E-state index contributed by atoms with van der Waals surface area (Å²) in [5.41, 5.74) is 2.11. The SMILES string of the molecule is COC(=O)c1cn(C)c2cc(N3CCN(C(=O)OC(C)(C)C)C[C@@H]3C)ccc12. The Kier molecular flexibility index (Phi) is 5.28. The highest BCUT2D eigenvalue weighted by Crippen LogP contribution is 2.29. The molecule has 1 atom stereocenters. The van der Waals surface area contributed by atoms with Gasteiger partial charge in [-0.05, 0) is 45.9 Å². The zero-order valence-electron chi connectivity index (χ0n) is 17.5. The second-order valence-electron chi connectivity index (χ2n) is 8.32. The van der Waals surface area contributed by atoms with Gasteiger partial charge < -0.3 is 23.8 Å². The summed E-state index contributed by atoms with van der Waals surface area (Å²) < 4.78 is 12.3. The van der Waals surface area contributed by atoms with E-state index in [1.807, 2.05) is 44.5 Å². The number of anilines is 1. The van der Waals surface area contributed by atoms with Crippen LogP contribution in [0.5, 0.6) is 0 Å². The number of hydrogen-bond acceptors (Lipinski definition) is 5. The topological polar surface area (TPSA) is 64.0 Å². The van der Waals surface area contributed by atoms with Crippen LogP contribution in [0.2, 0.25) is 0 Å². The van der Waals surface area contributed by atoms with Crippen molar-refractivity contribution in [3.63, 3.8) is 0 Å². The molecule has 0 radical (unpaired) electrons. The second-order valence-corrected chi connectivity index (χ2v) is 8.32. The third-order valence-corrected chi connectivity index (χ3v) is 4.99. The van der Waals surface area contributed by atoms with Gasteiger partial charge in [-0.2, -0.15) is 0 Å². The van der Waals surface area contributed by atoms with Gasteiger partial charge in [0.25, 0.3) is 0 Å². The number of aryl methyl sites for hydroxylation is 1. The van der Waals surface area contributed by atoms with Gasteiger partial charge in [-0.3, -0.25) is 0 Å². The minimum absolute atomic E-state index is 0.152. The maximum Gasteiger partial charge on any atom is 0.410 e. The van der Waals surface area contributed by atoms with Gasteiger partial charge in [0.15, 0.2) is 0 Å². The summed E-state index contributed by atoms with van der Waals surface area (Å²) in [6, 6.07) is 6.22. The van der Waals surface area contributed by atoms with Gasteiger partial charge in [-0.25, -0.2) is 9.59 Å². The number of amides is 1. The number of carbonyl (C=O) groups is 2. The van der Waals surface area contributed by atoms with Crippen LogP contribution in [-0.4, -0.2) is 59.9 Å². The Morgan fingerprint density at radius 3 is 2.50 bits per heavy atom. The average molecular weight is 387 g/mol. The minimum atomic E-state index is -0.494. The van der Waals surface area contributed by atoms with Crippen LogP contribution in [0.25, 0.3) is 10.9 Å². The van der Waals surface area contributed by atoms with E-state index in [9.17, 15) is 9.59 Å². The number of ether oxygens (including phenoxy) is 2. The molecular formula is C21H29N3O4. The second kappa shape index (κ2) is 7.37. The maximum absolute atomic E-state index is 12.4. The highest BCUT2D eigenvalue weighted by molar-refractivity contribution is 6.05.